The molecule has 2 heteroatoms. The normalized spacial score (nSPS) is 14.7. The maximum atomic E-state index is 2.35. The van der Waals surface area contributed by atoms with Crippen molar-refractivity contribution in [3.05, 3.63) is 24.3 Å². The Morgan fingerprint density at radius 2 is 1.67 bits per heavy atom. The van der Waals surface area contributed by atoms with E-state index in [1.807, 2.05) is 0 Å². The van der Waals surface area contributed by atoms with Crippen molar-refractivity contribution in [3.8, 4) is 0 Å². The molecule has 0 unspecified atom stereocenters. The van der Waals surface area contributed by atoms with Gasteiger partial charge in [0, 0.05) is 38.6 Å². The third-order valence-electron chi connectivity index (χ3n) is 2.18. The summed E-state index contributed by atoms with van der Waals surface area (Å²) in [7, 11) is 4.12. The molecule has 12 heavy (non-hydrogen) atoms. The summed E-state index contributed by atoms with van der Waals surface area (Å²) >= 11 is 0. The van der Waals surface area contributed by atoms with Crippen molar-refractivity contribution >= 4 is 11.4 Å². The molecular weight excluding hydrogens is 148 g/mol. The first-order valence-corrected chi connectivity index (χ1v) is 4.30. The van der Waals surface area contributed by atoms with Crippen molar-refractivity contribution in [3.63, 3.8) is 0 Å². The summed E-state index contributed by atoms with van der Waals surface area (Å²) in [6.45, 7) is 2.45. The topological polar surface area (TPSA) is 6.25 Å². The Morgan fingerprint density at radius 1 is 1.08 bits per heavy atom. The van der Waals surface area contributed by atoms with Gasteiger partial charge >= 0.3 is 0 Å². The molecule has 2 rings (SSSR count). The SMILES string of the molecule is CN(C)c1ccc(N2CC2)cc1. The van der Waals surface area contributed by atoms with Gasteiger partial charge in [-0.1, -0.05) is 0 Å². The molecule has 0 spiro atoms. The Kier molecular flexibility index (Phi) is 1.68. The van der Waals surface area contributed by atoms with Gasteiger partial charge in [-0.15, -0.1) is 0 Å². The highest BCUT2D eigenvalue weighted by molar-refractivity contribution is 5.58. The standard InChI is InChI=1S/C10H14N2/c1-11(2)9-3-5-10(6-4-9)12-7-8-12/h3-6H,7-8H2,1-2H3. The van der Waals surface area contributed by atoms with Gasteiger partial charge in [-0.05, 0) is 24.3 Å². The van der Waals surface area contributed by atoms with E-state index in [0.717, 1.165) is 0 Å². The summed E-state index contributed by atoms with van der Waals surface area (Å²) < 4.78 is 0. The molecule has 1 heterocycles. The molecule has 1 aliphatic heterocycles. The number of hydrogen-bond acceptors (Lipinski definition) is 2. The molecule has 0 radical (unpaired) electrons. The van der Waals surface area contributed by atoms with E-state index in [1.54, 1.807) is 0 Å². The fraction of sp³-hybridized carbons (Fsp3) is 0.400. The molecule has 0 atom stereocenters. The van der Waals surface area contributed by atoms with E-state index >= 15 is 0 Å². The maximum Gasteiger partial charge on any atom is 0.0368 e. The van der Waals surface area contributed by atoms with Crippen molar-refractivity contribution in [2.24, 2.45) is 0 Å². The van der Waals surface area contributed by atoms with Crippen LogP contribution in [0.5, 0.6) is 0 Å². The number of anilines is 2. The number of rotatable bonds is 2. The van der Waals surface area contributed by atoms with E-state index in [-0.39, 0.29) is 0 Å². The minimum Gasteiger partial charge on any atom is -0.378 e. The maximum absolute atomic E-state index is 2.35. The zero-order valence-corrected chi connectivity index (χ0v) is 7.62. The molecule has 1 aliphatic rings. The first-order valence-electron chi connectivity index (χ1n) is 4.30. The van der Waals surface area contributed by atoms with Crippen LogP contribution in [-0.2, 0) is 0 Å². The number of nitrogens with zero attached hydrogens (tertiary/aromatic N) is 2. The van der Waals surface area contributed by atoms with Crippen molar-refractivity contribution in [2.45, 2.75) is 0 Å². The second kappa shape index (κ2) is 2.70. The van der Waals surface area contributed by atoms with Crippen LogP contribution < -0.4 is 9.80 Å². The van der Waals surface area contributed by atoms with Crippen LogP contribution in [0.25, 0.3) is 0 Å². The van der Waals surface area contributed by atoms with Crippen molar-refractivity contribution < 1.29 is 0 Å². The van der Waals surface area contributed by atoms with E-state index in [1.165, 1.54) is 24.5 Å². The predicted molar refractivity (Wildman–Crippen MR) is 53.0 cm³/mol. The highest BCUT2D eigenvalue weighted by Crippen LogP contribution is 2.23. The molecule has 1 fully saturated rings. The highest BCUT2D eigenvalue weighted by Gasteiger charge is 2.16. The summed E-state index contributed by atoms with van der Waals surface area (Å²) in [6.07, 6.45) is 0. The third-order valence-corrected chi connectivity index (χ3v) is 2.18. The Bertz CT molecular complexity index is 239. The lowest BCUT2D eigenvalue weighted by Gasteiger charge is -2.12. The van der Waals surface area contributed by atoms with E-state index in [9.17, 15) is 0 Å². The van der Waals surface area contributed by atoms with E-state index < -0.39 is 0 Å². The second-order valence-electron chi connectivity index (χ2n) is 3.40. The molecule has 64 valence electrons. The molecule has 0 bridgehead atoms. The van der Waals surface area contributed by atoms with Gasteiger partial charge in [0.05, 0.1) is 0 Å². The predicted octanol–water partition coefficient (Wildman–Crippen LogP) is 1.57. The van der Waals surface area contributed by atoms with Gasteiger partial charge < -0.3 is 9.80 Å². The number of hydrogen-bond donors (Lipinski definition) is 0. The third kappa shape index (κ3) is 1.37. The monoisotopic (exact) mass is 162 g/mol. The van der Waals surface area contributed by atoms with Crippen LogP contribution in [0.2, 0.25) is 0 Å². The Hall–Kier alpha value is -1.18. The van der Waals surface area contributed by atoms with Crippen LogP contribution in [-0.4, -0.2) is 27.2 Å². The van der Waals surface area contributed by atoms with Crippen LogP contribution in [0.3, 0.4) is 0 Å². The molecule has 1 saturated heterocycles. The summed E-state index contributed by atoms with van der Waals surface area (Å²) in [5.41, 5.74) is 2.61. The first kappa shape index (κ1) is 7.47. The summed E-state index contributed by atoms with van der Waals surface area (Å²) in [5, 5.41) is 0. The van der Waals surface area contributed by atoms with Gasteiger partial charge in [-0.2, -0.15) is 0 Å². The van der Waals surface area contributed by atoms with Gasteiger partial charge in [0.15, 0.2) is 0 Å². The second-order valence-corrected chi connectivity index (χ2v) is 3.40. The molecule has 0 aromatic heterocycles. The van der Waals surface area contributed by atoms with E-state index in [2.05, 4.69) is 48.2 Å². The average molecular weight is 162 g/mol. The lowest BCUT2D eigenvalue weighted by Crippen LogP contribution is -2.08. The highest BCUT2D eigenvalue weighted by atomic mass is 15.3. The molecule has 2 nitrogen and oxygen atoms in total. The quantitative estimate of drug-likeness (QED) is 0.609. The molecule has 0 N–H and O–H groups in total. The summed E-state index contributed by atoms with van der Waals surface area (Å²) in [4.78, 5) is 4.46. The smallest absolute Gasteiger partial charge is 0.0368 e. The van der Waals surface area contributed by atoms with Gasteiger partial charge in [-0.3, -0.25) is 0 Å². The van der Waals surface area contributed by atoms with Crippen molar-refractivity contribution in [2.75, 3.05) is 37.0 Å². The van der Waals surface area contributed by atoms with E-state index in [4.69, 9.17) is 0 Å². The molecule has 1 aromatic carbocycles. The van der Waals surface area contributed by atoms with Gasteiger partial charge in [-0.25, -0.2) is 0 Å². The number of benzene rings is 1. The molecular formula is C10H14N2. The van der Waals surface area contributed by atoms with Gasteiger partial charge in [0.1, 0.15) is 0 Å². The van der Waals surface area contributed by atoms with E-state index in [0.29, 0.717) is 0 Å². The minimum atomic E-state index is 1.22. The van der Waals surface area contributed by atoms with Gasteiger partial charge in [0.25, 0.3) is 0 Å². The Labute approximate surface area is 73.4 Å². The Balaban J connectivity index is 2.18. The van der Waals surface area contributed by atoms with Crippen LogP contribution in [0, 0.1) is 0 Å². The summed E-state index contributed by atoms with van der Waals surface area (Å²) in [5.74, 6) is 0. The minimum absolute atomic E-state index is 1.22. The first-order chi connectivity index (χ1) is 5.77. The Morgan fingerprint density at radius 3 is 2.08 bits per heavy atom. The van der Waals surface area contributed by atoms with Crippen molar-refractivity contribution in [1.29, 1.82) is 0 Å². The fourth-order valence-electron chi connectivity index (χ4n) is 1.27. The molecule has 0 aliphatic carbocycles. The average Bonchev–Trinajstić information content (AvgIpc) is 2.87. The van der Waals surface area contributed by atoms with Crippen LogP contribution in [0.4, 0.5) is 11.4 Å². The zero-order chi connectivity index (χ0) is 8.55. The lowest BCUT2D eigenvalue weighted by atomic mass is 10.2. The lowest BCUT2D eigenvalue weighted by molar-refractivity contribution is 1.13. The largest absolute Gasteiger partial charge is 0.378 e. The molecule has 0 amide bonds. The molecule has 0 saturated carbocycles. The fourth-order valence-corrected chi connectivity index (χ4v) is 1.27. The van der Waals surface area contributed by atoms with Gasteiger partial charge in [0.2, 0.25) is 0 Å². The van der Waals surface area contributed by atoms with Crippen LogP contribution >= 0.6 is 0 Å². The van der Waals surface area contributed by atoms with Crippen LogP contribution in [0.1, 0.15) is 0 Å². The summed E-state index contributed by atoms with van der Waals surface area (Å²) in [6, 6.07) is 8.69. The molecule has 1 aromatic rings. The zero-order valence-electron chi connectivity index (χ0n) is 7.62. The van der Waals surface area contributed by atoms with Crippen LogP contribution in [0.15, 0.2) is 24.3 Å². The van der Waals surface area contributed by atoms with Crippen molar-refractivity contribution in [1.82, 2.24) is 0 Å².